The molecule has 0 atom stereocenters. The molecule has 0 unspecified atom stereocenters. The van der Waals surface area contributed by atoms with Gasteiger partial charge in [-0.05, 0) is 43.2 Å². The van der Waals surface area contributed by atoms with Crippen LogP contribution in [0.2, 0.25) is 10.3 Å². The van der Waals surface area contributed by atoms with E-state index in [1.54, 1.807) is 0 Å². The number of aliphatic imine (C=N–C) groups is 1. The van der Waals surface area contributed by atoms with Crippen molar-refractivity contribution < 1.29 is 16.8 Å². The molecule has 1 aliphatic heterocycles. The summed E-state index contributed by atoms with van der Waals surface area (Å²) in [5.74, 6) is 0.410. The van der Waals surface area contributed by atoms with Crippen LogP contribution in [0.15, 0.2) is 51.2 Å². The van der Waals surface area contributed by atoms with Crippen LogP contribution in [-0.2, 0) is 20.0 Å². The second-order valence-corrected chi connectivity index (χ2v) is 10.4. The first-order valence-corrected chi connectivity index (χ1v) is 12.4. The third-order valence-electron chi connectivity index (χ3n) is 4.09. The molecule has 2 N–H and O–H groups in total. The first-order chi connectivity index (χ1) is 13.7. The molecule has 0 saturated heterocycles. The van der Waals surface area contributed by atoms with Crippen LogP contribution < -0.4 is 9.44 Å². The molecule has 12 heteroatoms. The molecule has 0 bridgehead atoms. The number of benzene rings is 1. The second kappa shape index (κ2) is 8.86. The highest BCUT2D eigenvalue weighted by Crippen LogP contribution is 2.25. The van der Waals surface area contributed by atoms with Gasteiger partial charge in [0.05, 0.1) is 10.6 Å². The van der Waals surface area contributed by atoms with E-state index in [0.29, 0.717) is 18.8 Å². The van der Waals surface area contributed by atoms with Gasteiger partial charge in [0.15, 0.2) is 5.15 Å². The van der Waals surface area contributed by atoms with Crippen LogP contribution in [0.4, 0.5) is 5.69 Å². The van der Waals surface area contributed by atoms with Gasteiger partial charge in [0.25, 0.3) is 20.0 Å². The average Bonchev–Trinajstić information content (AvgIpc) is 2.89. The quantitative estimate of drug-likeness (QED) is 0.640. The Bertz CT molecular complexity index is 1150. The lowest BCUT2D eigenvalue weighted by Crippen LogP contribution is -2.30. The lowest BCUT2D eigenvalue weighted by atomic mass is 10.2. The average molecular weight is 477 g/mol. The largest absolute Gasteiger partial charge is 0.279 e. The van der Waals surface area contributed by atoms with Crippen molar-refractivity contribution in [1.29, 1.82) is 0 Å². The number of pyridine rings is 1. The predicted octanol–water partition coefficient (Wildman–Crippen LogP) is 3.44. The fourth-order valence-corrected chi connectivity index (χ4v) is 5.55. The third kappa shape index (κ3) is 5.59. The van der Waals surface area contributed by atoms with E-state index in [9.17, 15) is 16.8 Å². The Morgan fingerprint density at radius 2 is 1.69 bits per heavy atom. The van der Waals surface area contributed by atoms with Crippen molar-refractivity contribution in [3.05, 3.63) is 46.7 Å². The molecule has 1 aromatic carbocycles. The highest BCUT2D eigenvalue weighted by atomic mass is 35.5. The van der Waals surface area contributed by atoms with Gasteiger partial charge in [-0.3, -0.25) is 14.4 Å². The molecule has 0 saturated carbocycles. The van der Waals surface area contributed by atoms with Gasteiger partial charge in [0.1, 0.15) is 15.9 Å². The summed E-state index contributed by atoms with van der Waals surface area (Å²) in [5, 5.41) is -0.239. The molecule has 8 nitrogen and oxygen atoms in total. The van der Waals surface area contributed by atoms with E-state index in [4.69, 9.17) is 23.2 Å². The number of hydrogen-bond donors (Lipinski definition) is 2. The Labute approximate surface area is 179 Å². The highest BCUT2D eigenvalue weighted by molar-refractivity contribution is 7.93. The number of anilines is 1. The van der Waals surface area contributed by atoms with E-state index < -0.39 is 20.0 Å². The molecule has 2 aromatic rings. The molecule has 1 aliphatic rings. The number of sulfonamides is 2. The van der Waals surface area contributed by atoms with Gasteiger partial charge in [-0.25, -0.2) is 21.8 Å². The van der Waals surface area contributed by atoms with Gasteiger partial charge < -0.3 is 0 Å². The molecule has 1 aromatic heterocycles. The Balaban J connectivity index is 1.84. The summed E-state index contributed by atoms with van der Waals surface area (Å²) in [7, 11) is -8.00. The van der Waals surface area contributed by atoms with Gasteiger partial charge in [-0.1, -0.05) is 35.7 Å². The van der Waals surface area contributed by atoms with Crippen LogP contribution in [0.5, 0.6) is 0 Å². The SMILES string of the molecule is O=S(=O)(NC1=NCCCCC1)c1cccc(NS(=O)(=O)c2ccc(Cl)nc2Cl)c1. The molecule has 2 heterocycles. The molecular formula is C17H18Cl2N4O4S2. The van der Waals surface area contributed by atoms with Crippen molar-refractivity contribution in [2.75, 3.05) is 11.3 Å². The number of nitrogens with one attached hydrogen (secondary N) is 2. The maximum atomic E-state index is 12.7. The van der Waals surface area contributed by atoms with Crippen molar-refractivity contribution in [1.82, 2.24) is 9.71 Å². The summed E-state index contributed by atoms with van der Waals surface area (Å²) >= 11 is 11.6. The smallest absolute Gasteiger partial charge is 0.264 e. The molecule has 0 radical (unpaired) electrons. The molecule has 0 amide bonds. The van der Waals surface area contributed by atoms with Gasteiger partial charge in [0, 0.05) is 13.0 Å². The van der Waals surface area contributed by atoms with Crippen molar-refractivity contribution in [3.8, 4) is 0 Å². The molecule has 29 heavy (non-hydrogen) atoms. The zero-order valence-corrected chi connectivity index (χ0v) is 18.2. The van der Waals surface area contributed by atoms with Gasteiger partial charge in [-0.2, -0.15) is 0 Å². The predicted molar refractivity (Wildman–Crippen MR) is 113 cm³/mol. The van der Waals surface area contributed by atoms with E-state index >= 15 is 0 Å². The van der Waals surface area contributed by atoms with Crippen LogP contribution >= 0.6 is 23.2 Å². The second-order valence-electron chi connectivity index (χ2n) is 6.30. The Morgan fingerprint density at radius 3 is 2.45 bits per heavy atom. The molecule has 0 fully saturated rings. The first kappa shape index (κ1) is 21.8. The van der Waals surface area contributed by atoms with Gasteiger partial charge >= 0.3 is 0 Å². The van der Waals surface area contributed by atoms with Crippen molar-refractivity contribution in [3.63, 3.8) is 0 Å². The van der Waals surface area contributed by atoms with Crippen LogP contribution in [0.3, 0.4) is 0 Å². The molecule has 0 spiro atoms. The maximum absolute atomic E-state index is 12.7. The fourth-order valence-electron chi connectivity index (χ4n) is 2.71. The summed E-state index contributed by atoms with van der Waals surface area (Å²) in [6.07, 6.45) is 3.32. The van der Waals surface area contributed by atoms with Gasteiger partial charge in [0.2, 0.25) is 0 Å². The third-order valence-corrected chi connectivity index (χ3v) is 7.50. The van der Waals surface area contributed by atoms with Crippen LogP contribution in [0, 0.1) is 0 Å². The lowest BCUT2D eigenvalue weighted by Gasteiger charge is -2.12. The molecule has 3 rings (SSSR count). The highest BCUT2D eigenvalue weighted by Gasteiger charge is 2.22. The van der Waals surface area contributed by atoms with Crippen molar-refractivity contribution in [2.45, 2.75) is 35.5 Å². The Morgan fingerprint density at radius 1 is 0.897 bits per heavy atom. The van der Waals surface area contributed by atoms with E-state index in [-0.39, 0.29) is 25.8 Å². The Hall–Kier alpha value is -1.88. The summed E-state index contributed by atoms with van der Waals surface area (Å²) in [4.78, 5) is 7.59. The van der Waals surface area contributed by atoms with E-state index in [1.807, 2.05) is 0 Å². The summed E-state index contributed by atoms with van der Waals surface area (Å²) in [6, 6.07) is 7.95. The number of halogens is 2. The lowest BCUT2D eigenvalue weighted by molar-refractivity contribution is 0.591. The molecule has 0 aliphatic carbocycles. The first-order valence-electron chi connectivity index (χ1n) is 8.68. The number of aromatic nitrogens is 1. The summed E-state index contributed by atoms with van der Waals surface area (Å²) < 4.78 is 55.3. The fraction of sp³-hybridized carbons (Fsp3) is 0.294. The Kier molecular flexibility index (Phi) is 6.67. The molecular weight excluding hydrogens is 459 g/mol. The topological polar surface area (TPSA) is 118 Å². The number of amidine groups is 1. The van der Waals surface area contributed by atoms with E-state index in [2.05, 4.69) is 19.4 Å². The number of hydrogen-bond acceptors (Lipinski definition) is 6. The van der Waals surface area contributed by atoms with Gasteiger partial charge in [-0.15, -0.1) is 0 Å². The number of rotatable bonds is 5. The van der Waals surface area contributed by atoms with E-state index in [1.165, 1.54) is 36.4 Å². The standard InChI is InChI=1S/C17H18Cl2N4O4S2/c18-15-9-8-14(17(19)21-15)29(26,27)22-12-5-4-6-13(11-12)28(24,25)23-16-7-2-1-3-10-20-16/h4-6,8-9,11,22H,1-3,7,10H2,(H,20,23). The minimum absolute atomic E-state index is 0.0505. The minimum atomic E-state index is -4.10. The number of nitrogens with zero attached hydrogens (tertiary/aromatic N) is 2. The zero-order valence-electron chi connectivity index (χ0n) is 15.1. The van der Waals surface area contributed by atoms with Crippen LogP contribution in [-0.4, -0.2) is 34.2 Å². The summed E-state index contributed by atoms with van der Waals surface area (Å²) in [5.41, 5.74) is 0.0571. The van der Waals surface area contributed by atoms with Crippen molar-refractivity contribution in [2.24, 2.45) is 4.99 Å². The van der Waals surface area contributed by atoms with Crippen LogP contribution in [0.1, 0.15) is 25.7 Å². The van der Waals surface area contributed by atoms with Crippen LogP contribution in [0.25, 0.3) is 0 Å². The monoisotopic (exact) mass is 476 g/mol. The normalized spacial score (nSPS) is 15.3. The zero-order chi connectivity index (χ0) is 21.1. The van der Waals surface area contributed by atoms with E-state index in [0.717, 1.165) is 19.3 Å². The maximum Gasteiger partial charge on any atom is 0.264 e. The molecule has 156 valence electrons. The van der Waals surface area contributed by atoms with Crippen molar-refractivity contribution >= 4 is 54.8 Å². The minimum Gasteiger partial charge on any atom is -0.279 e. The summed E-state index contributed by atoms with van der Waals surface area (Å²) in [6.45, 7) is 0.577.